The zero-order valence-corrected chi connectivity index (χ0v) is 13.9. The van der Waals surface area contributed by atoms with Gasteiger partial charge in [0.05, 0.1) is 24.0 Å². The van der Waals surface area contributed by atoms with Gasteiger partial charge in [-0.3, -0.25) is 14.4 Å². The Morgan fingerprint density at radius 1 is 1.38 bits per heavy atom. The molecule has 0 unspecified atom stereocenters. The molecule has 4 rings (SSSR count). The summed E-state index contributed by atoms with van der Waals surface area (Å²) in [5.74, 6) is 0.696. The lowest BCUT2D eigenvalue weighted by Crippen LogP contribution is -2.33. The van der Waals surface area contributed by atoms with Crippen molar-refractivity contribution in [2.75, 3.05) is 6.54 Å². The van der Waals surface area contributed by atoms with Gasteiger partial charge in [0.1, 0.15) is 5.82 Å². The Bertz CT molecular complexity index is 905. The topological polar surface area (TPSA) is 66.8 Å². The second-order valence-electron chi connectivity index (χ2n) is 6.17. The summed E-state index contributed by atoms with van der Waals surface area (Å²) in [6.45, 7) is 2.51. The molecule has 2 aromatic heterocycles. The average molecular weight is 344 g/mol. The lowest BCUT2D eigenvalue weighted by Gasteiger charge is -2.23. The van der Waals surface area contributed by atoms with Crippen LogP contribution in [0.5, 0.6) is 0 Å². The molecule has 1 aromatic carbocycles. The number of benzene rings is 1. The molecule has 1 aliphatic rings. The van der Waals surface area contributed by atoms with Crippen LogP contribution in [0.25, 0.3) is 10.9 Å². The van der Waals surface area contributed by atoms with Gasteiger partial charge in [0.2, 0.25) is 0 Å². The van der Waals surface area contributed by atoms with Crippen molar-refractivity contribution >= 4 is 22.5 Å². The molecule has 3 heterocycles. The number of nitrogens with zero attached hydrogens (tertiary/aromatic N) is 4. The summed E-state index contributed by atoms with van der Waals surface area (Å²) >= 11 is 5.96. The van der Waals surface area contributed by atoms with Crippen LogP contribution in [0.15, 0.2) is 41.5 Å². The minimum atomic E-state index is -0.139. The maximum atomic E-state index is 12.3. The average Bonchev–Trinajstić information content (AvgIpc) is 3.21. The number of likely N-dealkylation sites (tertiary alicyclic amines) is 1. The van der Waals surface area contributed by atoms with E-state index in [0.717, 1.165) is 25.9 Å². The van der Waals surface area contributed by atoms with Crippen molar-refractivity contribution in [3.63, 3.8) is 0 Å². The van der Waals surface area contributed by atoms with Crippen LogP contribution in [0.4, 0.5) is 0 Å². The fourth-order valence-corrected chi connectivity index (χ4v) is 3.53. The molecule has 6 nitrogen and oxygen atoms in total. The van der Waals surface area contributed by atoms with Crippen LogP contribution in [0.2, 0.25) is 5.02 Å². The van der Waals surface area contributed by atoms with E-state index in [0.29, 0.717) is 34.3 Å². The van der Waals surface area contributed by atoms with Gasteiger partial charge in [0.25, 0.3) is 5.56 Å². The molecule has 0 saturated carbocycles. The largest absolute Gasteiger partial charge is 0.309 e. The van der Waals surface area contributed by atoms with E-state index in [1.165, 1.54) is 0 Å². The predicted molar refractivity (Wildman–Crippen MR) is 93.0 cm³/mol. The van der Waals surface area contributed by atoms with Gasteiger partial charge in [-0.1, -0.05) is 11.6 Å². The number of hydrogen-bond donors (Lipinski definition) is 1. The molecule has 1 saturated heterocycles. The van der Waals surface area contributed by atoms with Crippen LogP contribution in [0.3, 0.4) is 0 Å². The Hall–Kier alpha value is -2.18. The van der Waals surface area contributed by atoms with Crippen molar-refractivity contribution < 1.29 is 0 Å². The van der Waals surface area contributed by atoms with Crippen molar-refractivity contribution in [3.8, 4) is 0 Å². The summed E-state index contributed by atoms with van der Waals surface area (Å²) in [6.07, 6.45) is 6.07. The number of hydrogen-bond acceptors (Lipinski definition) is 4. The molecule has 0 bridgehead atoms. The molecule has 1 fully saturated rings. The lowest BCUT2D eigenvalue weighted by atomic mass is 10.2. The normalized spacial score (nSPS) is 18.5. The molecule has 0 spiro atoms. The van der Waals surface area contributed by atoms with Crippen LogP contribution in [0, 0.1) is 0 Å². The highest BCUT2D eigenvalue weighted by atomic mass is 35.5. The molecule has 0 radical (unpaired) electrons. The zero-order valence-electron chi connectivity index (χ0n) is 13.2. The highest BCUT2D eigenvalue weighted by Crippen LogP contribution is 2.21. The molecule has 1 aliphatic heterocycles. The number of aromatic nitrogens is 4. The van der Waals surface area contributed by atoms with E-state index in [1.54, 1.807) is 24.4 Å². The smallest absolute Gasteiger partial charge is 0.258 e. The highest BCUT2D eigenvalue weighted by molar-refractivity contribution is 6.31. The van der Waals surface area contributed by atoms with Crippen LogP contribution in [-0.4, -0.2) is 37.2 Å². The van der Waals surface area contributed by atoms with Crippen LogP contribution < -0.4 is 5.56 Å². The standard InChI is InChI=1S/C17H18ClN5O/c18-12-4-5-15-14(9-12)17(24)21-16(20-15)11-22-7-1-3-13(22)10-23-8-2-6-19-23/h2,4-6,8-9,13H,1,3,7,10-11H2,(H,20,21,24)/t13-/m0/s1. The van der Waals surface area contributed by atoms with Crippen LogP contribution in [-0.2, 0) is 13.1 Å². The molecule has 1 atom stereocenters. The number of halogens is 1. The number of nitrogens with one attached hydrogen (secondary N) is 1. The minimum absolute atomic E-state index is 0.139. The quantitative estimate of drug-likeness (QED) is 0.790. The minimum Gasteiger partial charge on any atom is -0.309 e. The fourth-order valence-electron chi connectivity index (χ4n) is 3.36. The van der Waals surface area contributed by atoms with E-state index in [-0.39, 0.29) is 5.56 Å². The van der Waals surface area contributed by atoms with Crippen molar-refractivity contribution in [3.05, 3.63) is 57.9 Å². The van der Waals surface area contributed by atoms with E-state index in [9.17, 15) is 4.79 Å². The van der Waals surface area contributed by atoms with E-state index in [4.69, 9.17) is 11.6 Å². The molecule has 7 heteroatoms. The van der Waals surface area contributed by atoms with E-state index >= 15 is 0 Å². The van der Waals surface area contributed by atoms with Crippen molar-refractivity contribution in [2.45, 2.75) is 32.0 Å². The third kappa shape index (κ3) is 3.07. The summed E-state index contributed by atoms with van der Waals surface area (Å²) in [6, 6.07) is 7.56. The molecule has 3 aromatic rings. The summed E-state index contributed by atoms with van der Waals surface area (Å²) in [5.41, 5.74) is 0.543. The van der Waals surface area contributed by atoms with Crippen molar-refractivity contribution in [2.24, 2.45) is 0 Å². The van der Waals surface area contributed by atoms with E-state index in [2.05, 4.69) is 20.0 Å². The molecular weight excluding hydrogens is 326 g/mol. The Morgan fingerprint density at radius 2 is 2.29 bits per heavy atom. The first kappa shape index (κ1) is 15.4. The lowest BCUT2D eigenvalue weighted by molar-refractivity contribution is 0.214. The first-order chi connectivity index (χ1) is 11.7. The van der Waals surface area contributed by atoms with Crippen LogP contribution >= 0.6 is 11.6 Å². The van der Waals surface area contributed by atoms with E-state index in [1.807, 2.05) is 16.9 Å². The third-order valence-corrected chi connectivity index (χ3v) is 4.76. The molecular formula is C17H18ClN5O. The van der Waals surface area contributed by atoms with Gasteiger partial charge in [0.15, 0.2) is 0 Å². The zero-order chi connectivity index (χ0) is 16.5. The Kier molecular flexibility index (Phi) is 4.08. The van der Waals surface area contributed by atoms with Gasteiger partial charge in [-0.25, -0.2) is 4.98 Å². The van der Waals surface area contributed by atoms with Gasteiger partial charge in [-0.2, -0.15) is 5.10 Å². The number of rotatable bonds is 4. The second-order valence-corrected chi connectivity index (χ2v) is 6.61. The van der Waals surface area contributed by atoms with Gasteiger partial charge < -0.3 is 4.98 Å². The number of fused-ring (bicyclic) bond motifs is 1. The SMILES string of the molecule is O=c1[nH]c(CN2CCC[C@H]2Cn2cccn2)nc2ccc(Cl)cc12. The third-order valence-electron chi connectivity index (χ3n) is 4.53. The van der Waals surface area contributed by atoms with Crippen molar-refractivity contribution in [1.82, 2.24) is 24.6 Å². The van der Waals surface area contributed by atoms with Gasteiger partial charge in [-0.05, 0) is 43.7 Å². The molecule has 24 heavy (non-hydrogen) atoms. The molecule has 0 aliphatic carbocycles. The molecule has 1 N–H and O–H groups in total. The van der Waals surface area contributed by atoms with Gasteiger partial charge in [0, 0.05) is 23.5 Å². The Labute approximate surface area is 144 Å². The summed E-state index contributed by atoms with van der Waals surface area (Å²) in [5, 5.41) is 5.36. The number of aromatic amines is 1. The highest BCUT2D eigenvalue weighted by Gasteiger charge is 2.25. The molecule has 124 valence electrons. The fraction of sp³-hybridized carbons (Fsp3) is 0.353. The van der Waals surface area contributed by atoms with Gasteiger partial charge >= 0.3 is 0 Å². The molecule has 0 amide bonds. The van der Waals surface area contributed by atoms with Crippen LogP contribution in [0.1, 0.15) is 18.7 Å². The van der Waals surface area contributed by atoms with Crippen molar-refractivity contribution in [1.29, 1.82) is 0 Å². The summed E-state index contributed by atoms with van der Waals surface area (Å²) in [7, 11) is 0. The number of H-pyrrole nitrogens is 1. The first-order valence-electron chi connectivity index (χ1n) is 8.09. The summed E-state index contributed by atoms with van der Waals surface area (Å²) in [4.78, 5) is 22.1. The Balaban J connectivity index is 1.57. The monoisotopic (exact) mass is 343 g/mol. The summed E-state index contributed by atoms with van der Waals surface area (Å²) < 4.78 is 1.96. The maximum Gasteiger partial charge on any atom is 0.258 e. The first-order valence-corrected chi connectivity index (χ1v) is 8.47. The van der Waals surface area contributed by atoms with Gasteiger partial charge in [-0.15, -0.1) is 0 Å². The Morgan fingerprint density at radius 3 is 3.12 bits per heavy atom. The predicted octanol–water partition coefficient (Wildman–Crippen LogP) is 2.44. The van der Waals surface area contributed by atoms with E-state index < -0.39 is 0 Å². The second kappa shape index (κ2) is 6.37. The maximum absolute atomic E-state index is 12.3.